The quantitative estimate of drug-likeness (QED) is 0.745. The summed E-state index contributed by atoms with van der Waals surface area (Å²) in [5.41, 5.74) is 1.72. The number of nitrogens with one attached hydrogen (secondary N) is 2. The van der Waals surface area contributed by atoms with Crippen LogP contribution >= 0.6 is 36.2 Å². The van der Waals surface area contributed by atoms with E-state index in [-0.39, 0.29) is 30.7 Å². The normalized spacial score (nSPS) is 9.50. The van der Waals surface area contributed by atoms with E-state index in [1.807, 2.05) is 30.5 Å². The van der Waals surface area contributed by atoms with E-state index in [0.717, 1.165) is 24.5 Å². The van der Waals surface area contributed by atoms with Crippen molar-refractivity contribution in [1.82, 2.24) is 15.6 Å². The highest BCUT2D eigenvalue weighted by molar-refractivity contribution is 7.09. The van der Waals surface area contributed by atoms with E-state index in [1.165, 1.54) is 16.9 Å². The number of aromatic nitrogens is 1. The summed E-state index contributed by atoms with van der Waals surface area (Å²) in [5, 5.41) is 8.80. The van der Waals surface area contributed by atoms with Crippen LogP contribution in [-0.2, 0) is 6.42 Å². The van der Waals surface area contributed by atoms with Crippen LogP contribution in [0.1, 0.15) is 28.0 Å². The first-order valence-electron chi connectivity index (χ1n) is 6.77. The Labute approximate surface area is 147 Å². The average molecular weight is 362 g/mol. The Hall–Kier alpha value is -1.14. The van der Waals surface area contributed by atoms with E-state index in [4.69, 9.17) is 0 Å². The SMILES string of the molecule is CCNCCNC(=O)c1csc(Cc2ccccc2)n1.Cl.Cl. The fourth-order valence-corrected chi connectivity index (χ4v) is 2.61. The van der Waals surface area contributed by atoms with Crippen molar-refractivity contribution in [2.24, 2.45) is 0 Å². The number of hydrogen-bond acceptors (Lipinski definition) is 4. The van der Waals surface area contributed by atoms with Gasteiger partial charge in [0.1, 0.15) is 5.69 Å². The number of rotatable bonds is 7. The highest BCUT2D eigenvalue weighted by Gasteiger charge is 2.10. The van der Waals surface area contributed by atoms with E-state index in [1.54, 1.807) is 0 Å². The summed E-state index contributed by atoms with van der Waals surface area (Å²) in [6.07, 6.45) is 0.774. The molecule has 0 aliphatic rings. The van der Waals surface area contributed by atoms with Gasteiger partial charge in [0.2, 0.25) is 0 Å². The second-order valence-corrected chi connectivity index (χ2v) is 5.34. The molecule has 0 unspecified atom stereocenters. The predicted molar refractivity (Wildman–Crippen MR) is 96.7 cm³/mol. The lowest BCUT2D eigenvalue weighted by atomic mass is 10.2. The lowest BCUT2D eigenvalue weighted by Gasteiger charge is -2.03. The minimum absolute atomic E-state index is 0. The summed E-state index contributed by atoms with van der Waals surface area (Å²) in [5.74, 6) is -0.0986. The number of carbonyl (C=O) groups excluding carboxylic acids is 1. The Bertz CT molecular complexity index is 549. The molecule has 2 rings (SSSR count). The third-order valence-electron chi connectivity index (χ3n) is 2.82. The molecule has 2 aromatic rings. The van der Waals surface area contributed by atoms with Gasteiger partial charge in [0.05, 0.1) is 5.01 Å². The molecule has 2 N–H and O–H groups in total. The predicted octanol–water partition coefficient (Wildman–Crippen LogP) is 2.92. The number of halogens is 2. The van der Waals surface area contributed by atoms with Gasteiger partial charge in [-0.25, -0.2) is 4.98 Å². The van der Waals surface area contributed by atoms with Crippen LogP contribution in [0.25, 0.3) is 0 Å². The average Bonchev–Trinajstić information content (AvgIpc) is 2.93. The van der Waals surface area contributed by atoms with E-state index in [9.17, 15) is 4.79 Å². The molecule has 22 heavy (non-hydrogen) atoms. The molecule has 0 atom stereocenters. The number of thiazole rings is 1. The molecule has 122 valence electrons. The van der Waals surface area contributed by atoms with E-state index < -0.39 is 0 Å². The van der Waals surface area contributed by atoms with Gasteiger partial charge >= 0.3 is 0 Å². The van der Waals surface area contributed by atoms with Gasteiger partial charge in [-0.15, -0.1) is 36.2 Å². The summed E-state index contributed by atoms with van der Waals surface area (Å²) in [6, 6.07) is 10.2. The number of hydrogen-bond donors (Lipinski definition) is 2. The smallest absolute Gasteiger partial charge is 0.270 e. The first kappa shape index (κ1) is 20.9. The van der Waals surface area contributed by atoms with Crippen LogP contribution in [-0.4, -0.2) is 30.5 Å². The molecule has 0 saturated heterocycles. The molecule has 1 aromatic heterocycles. The van der Waals surface area contributed by atoms with Crippen LogP contribution in [0.15, 0.2) is 35.7 Å². The number of likely N-dealkylation sites (N-methyl/N-ethyl adjacent to an activating group) is 1. The Kier molecular flexibility index (Phi) is 10.8. The van der Waals surface area contributed by atoms with Crippen LogP contribution < -0.4 is 10.6 Å². The van der Waals surface area contributed by atoms with Gasteiger partial charge in [-0.05, 0) is 12.1 Å². The Morgan fingerprint density at radius 2 is 1.91 bits per heavy atom. The van der Waals surface area contributed by atoms with Crippen molar-refractivity contribution in [3.8, 4) is 0 Å². The zero-order valence-electron chi connectivity index (χ0n) is 12.4. The van der Waals surface area contributed by atoms with Crippen molar-refractivity contribution in [2.45, 2.75) is 13.3 Å². The van der Waals surface area contributed by atoms with Crippen molar-refractivity contribution in [2.75, 3.05) is 19.6 Å². The summed E-state index contributed by atoms with van der Waals surface area (Å²) in [6.45, 7) is 4.35. The van der Waals surface area contributed by atoms with E-state index in [2.05, 4.69) is 27.8 Å². The van der Waals surface area contributed by atoms with Crippen LogP contribution in [0.2, 0.25) is 0 Å². The molecule has 1 aromatic carbocycles. The van der Waals surface area contributed by atoms with Gasteiger partial charge in [0.25, 0.3) is 5.91 Å². The minimum Gasteiger partial charge on any atom is -0.349 e. The van der Waals surface area contributed by atoms with Crippen LogP contribution in [0, 0.1) is 0 Å². The Morgan fingerprint density at radius 3 is 2.59 bits per heavy atom. The Balaban J connectivity index is 0.00000220. The second kappa shape index (κ2) is 11.4. The standard InChI is InChI=1S/C15H19N3OS.2ClH/c1-2-16-8-9-17-15(19)13-11-20-14(18-13)10-12-6-4-3-5-7-12;;/h3-7,11,16H,2,8-10H2,1H3,(H,17,19);2*1H. The van der Waals surface area contributed by atoms with E-state index in [0.29, 0.717) is 12.2 Å². The molecule has 0 aliphatic heterocycles. The van der Waals surface area contributed by atoms with Crippen molar-refractivity contribution in [1.29, 1.82) is 0 Å². The highest BCUT2D eigenvalue weighted by Crippen LogP contribution is 2.14. The molecule has 0 radical (unpaired) electrons. The van der Waals surface area contributed by atoms with Crippen molar-refractivity contribution < 1.29 is 4.79 Å². The molecule has 0 spiro atoms. The fraction of sp³-hybridized carbons (Fsp3) is 0.333. The molecule has 0 bridgehead atoms. The molecule has 0 fully saturated rings. The minimum atomic E-state index is -0.0986. The van der Waals surface area contributed by atoms with E-state index >= 15 is 0 Å². The lowest BCUT2D eigenvalue weighted by Crippen LogP contribution is -2.31. The van der Waals surface area contributed by atoms with Crippen LogP contribution in [0.5, 0.6) is 0 Å². The number of benzene rings is 1. The number of carbonyl (C=O) groups is 1. The zero-order chi connectivity index (χ0) is 14.2. The summed E-state index contributed by atoms with van der Waals surface area (Å²) < 4.78 is 0. The Morgan fingerprint density at radius 1 is 1.18 bits per heavy atom. The van der Waals surface area contributed by atoms with Crippen molar-refractivity contribution in [3.05, 3.63) is 52.0 Å². The summed E-state index contributed by atoms with van der Waals surface area (Å²) in [7, 11) is 0. The number of nitrogens with zero attached hydrogens (tertiary/aromatic N) is 1. The van der Waals surface area contributed by atoms with Gasteiger partial charge in [-0.1, -0.05) is 37.3 Å². The highest BCUT2D eigenvalue weighted by atomic mass is 35.5. The van der Waals surface area contributed by atoms with Gasteiger partial charge in [-0.2, -0.15) is 0 Å². The van der Waals surface area contributed by atoms with Gasteiger partial charge in [-0.3, -0.25) is 4.79 Å². The third kappa shape index (κ3) is 6.75. The maximum Gasteiger partial charge on any atom is 0.270 e. The number of amides is 1. The van der Waals surface area contributed by atoms with Gasteiger partial charge in [0.15, 0.2) is 0 Å². The molecule has 1 amide bonds. The molecule has 4 nitrogen and oxygen atoms in total. The van der Waals surface area contributed by atoms with Crippen molar-refractivity contribution >= 4 is 42.1 Å². The third-order valence-corrected chi connectivity index (χ3v) is 3.67. The van der Waals surface area contributed by atoms with Crippen LogP contribution in [0.4, 0.5) is 0 Å². The van der Waals surface area contributed by atoms with Gasteiger partial charge in [0, 0.05) is 24.9 Å². The first-order chi connectivity index (χ1) is 9.79. The lowest BCUT2D eigenvalue weighted by molar-refractivity contribution is 0.0949. The fourth-order valence-electron chi connectivity index (χ4n) is 1.80. The first-order valence-corrected chi connectivity index (χ1v) is 7.65. The van der Waals surface area contributed by atoms with Crippen molar-refractivity contribution in [3.63, 3.8) is 0 Å². The zero-order valence-corrected chi connectivity index (χ0v) is 14.8. The molecular formula is C15H21Cl2N3OS. The molecule has 0 aliphatic carbocycles. The maximum atomic E-state index is 11.9. The van der Waals surface area contributed by atoms with Crippen LogP contribution in [0.3, 0.4) is 0 Å². The topological polar surface area (TPSA) is 54.0 Å². The second-order valence-electron chi connectivity index (χ2n) is 4.40. The summed E-state index contributed by atoms with van der Waals surface area (Å²) in [4.78, 5) is 16.3. The molecule has 0 saturated carbocycles. The largest absolute Gasteiger partial charge is 0.349 e. The monoisotopic (exact) mass is 361 g/mol. The molecule has 7 heteroatoms. The maximum absolute atomic E-state index is 11.9. The summed E-state index contributed by atoms with van der Waals surface area (Å²) >= 11 is 1.53. The van der Waals surface area contributed by atoms with Gasteiger partial charge < -0.3 is 10.6 Å². The molecular weight excluding hydrogens is 341 g/mol. The molecule has 1 heterocycles.